The third kappa shape index (κ3) is 4.05. The summed E-state index contributed by atoms with van der Waals surface area (Å²) in [6.45, 7) is 3.67. The molecule has 7 heteroatoms. The van der Waals surface area contributed by atoms with Crippen molar-refractivity contribution in [3.63, 3.8) is 0 Å². The monoisotopic (exact) mass is 379 g/mol. The van der Waals surface area contributed by atoms with Crippen LogP contribution in [-0.2, 0) is 0 Å². The summed E-state index contributed by atoms with van der Waals surface area (Å²) in [6, 6.07) is 3.93. The van der Waals surface area contributed by atoms with Crippen LogP contribution >= 0.6 is 22.6 Å². The van der Waals surface area contributed by atoms with Gasteiger partial charge >= 0.3 is 0 Å². The fourth-order valence-corrected chi connectivity index (χ4v) is 2.02. The molecular formula is C12H15FIN3O2. The van der Waals surface area contributed by atoms with E-state index < -0.39 is 11.2 Å². The molecule has 1 aromatic carbocycles. The van der Waals surface area contributed by atoms with Crippen molar-refractivity contribution in [2.45, 2.75) is 13.8 Å². The van der Waals surface area contributed by atoms with Crippen molar-refractivity contribution < 1.29 is 14.4 Å². The van der Waals surface area contributed by atoms with Crippen molar-refractivity contribution in [3.05, 3.63) is 33.1 Å². The molecule has 0 bridgehead atoms. The van der Waals surface area contributed by atoms with Gasteiger partial charge in [-0.3, -0.25) is 4.79 Å². The number of halogens is 2. The van der Waals surface area contributed by atoms with E-state index in [1.54, 1.807) is 13.8 Å². The van der Waals surface area contributed by atoms with Crippen LogP contribution in [-0.4, -0.2) is 23.5 Å². The van der Waals surface area contributed by atoms with E-state index in [0.29, 0.717) is 9.13 Å². The second-order valence-electron chi connectivity index (χ2n) is 4.68. The van der Waals surface area contributed by atoms with E-state index in [-0.39, 0.29) is 18.3 Å². The first-order valence-corrected chi connectivity index (χ1v) is 6.57. The molecule has 19 heavy (non-hydrogen) atoms. The number of carbonyl (C=O) groups excluding carboxylic acids is 1. The molecule has 0 spiro atoms. The Bertz CT molecular complexity index is 518. The van der Waals surface area contributed by atoms with Gasteiger partial charge in [-0.1, -0.05) is 19.0 Å². The molecule has 0 atom stereocenters. The number of hydrogen-bond acceptors (Lipinski definition) is 3. The molecule has 0 radical (unpaired) electrons. The smallest absolute Gasteiger partial charge is 0.252 e. The summed E-state index contributed by atoms with van der Waals surface area (Å²) in [4.78, 5) is 12.0. The normalized spacial score (nSPS) is 12.3. The van der Waals surface area contributed by atoms with Crippen LogP contribution in [0, 0.1) is 14.8 Å². The number of amides is 1. The van der Waals surface area contributed by atoms with Crippen LogP contribution in [0.4, 0.5) is 4.39 Å². The molecule has 0 aliphatic heterocycles. The molecule has 0 aliphatic rings. The first-order chi connectivity index (χ1) is 8.77. The van der Waals surface area contributed by atoms with E-state index in [2.05, 4.69) is 10.5 Å². The maximum absolute atomic E-state index is 12.9. The number of nitrogens with zero attached hydrogens (tertiary/aromatic N) is 1. The van der Waals surface area contributed by atoms with Crippen molar-refractivity contribution >= 4 is 34.3 Å². The zero-order valence-corrected chi connectivity index (χ0v) is 12.7. The van der Waals surface area contributed by atoms with Crippen LogP contribution in [0.1, 0.15) is 24.2 Å². The molecule has 0 fully saturated rings. The van der Waals surface area contributed by atoms with Crippen molar-refractivity contribution in [2.24, 2.45) is 16.3 Å². The summed E-state index contributed by atoms with van der Waals surface area (Å²) in [5.41, 5.74) is 5.24. The highest BCUT2D eigenvalue weighted by Crippen LogP contribution is 2.16. The number of nitrogens with two attached hydrogens (primary N) is 1. The summed E-state index contributed by atoms with van der Waals surface area (Å²) in [5.74, 6) is -0.692. The number of amidine groups is 1. The number of carbonyl (C=O) groups is 1. The van der Waals surface area contributed by atoms with E-state index >= 15 is 0 Å². The number of rotatable bonds is 4. The quantitative estimate of drug-likeness (QED) is 0.246. The van der Waals surface area contributed by atoms with E-state index in [4.69, 9.17) is 10.9 Å². The molecule has 1 amide bonds. The zero-order chi connectivity index (χ0) is 14.6. The summed E-state index contributed by atoms with van der Waals surface area (Å²) in [7, 11) is 0. The fourth-order valence-electron chi connectivity index (χ4n) is 1.30. The SMILES string of the molecule is CC(C)(CNC(=O)c1ccc(F)cc1I)/C(N)=N/O. The topological polar surface area (TPSA) is 87.7 Å². The fraction of sp³-hybridized carbons (Fsp3) is 0.333. The molecule has 104 valence electrons. The first kappa shape index (κ1) is 15.7. The Kier molecular flexibility index (Phi) is 5.10. The maximum atomic E-state index is 12.9. The number of nitrogens with one attached hydrogen (secondary N) is 1. The van der Waals surface area contributed by atoms with E-state index in [9.17, 15) is 9.18 Å². The van der Waals surface area contributed by atoms with Gasteiger partial charge in [-0.15, -0.1) is 0 Å². The van der Waals surface area contributed by atoms with Gasteiger partial charge in [0, 0.05) is 15.5 Å². The molecule has 5 nitrogen and oxygen atoms in total. The van der Waals surface area contributed by atoms with Crippen LogP contribution in [0.25, 0.3) is 0 Å². The predicted octanol–water partition coefficient (Wildman–Crippen LogP) is 1.93. The molecule has 1 rings (SSSR count). The van der Waals surface area contributed by atoms with Gasteiger partial charge < -0.3 is 16.3 Å². The van der Waals surface area contributed by atoms with Crippen LogP contribution < -0.4 is 11.1 Å². The van der Waals surface area contributed by atoms with Gasteiger partial charge in [0.1, 0.15) is 11.7 Å². The molecule has 4 N–H and O–H groups in total. The minimum absolute atomic E-state index is 0.0293. The Labute approximate surface area is 124 Å². The summed E-state index contributed by atoms with van der Waals surface area (Å²) < 4.78 is 13.5. The van der Waals surface area contributed by atoms with Gasteiger partial charge in [-0.2, -0.15) is 0 Å². The van der Waals surface area contributed by atoms with E-state index in [0.717, 1.165) is 0 Å². The molecule has 0 saturated heterocycles. The van der Waals surface area contributed by atoms with Crippen molar-refractivity contribution in [2.75, 3.05) is 6.54 Å². The van der Waals surface area contributed by atoms with Gasteiger partial charge in [0.2, 0.25) is 0 Å². The van der Waals surface area contributed by atoms with Gasteiger partial charge in [-0.05, 0) is 40.8 Å². The summed E-state index contributed by atoms with van der Waals surface area (Å²) in [6.07, 6.45) is 0. The lowest BCUT2D eigenvalue weighted by molar-refractivity contribution is 0.0943. The molecular weight excluding hydrogens is 364 g/mol. The van der Waals surface area contributed by atoms with Gasteiger partial charge in [0.05, 0.1) is 5.56 Å². The third-order valence-electron chi connectivity index (χ3n) is 2.67. The molecule has 0 aromatic heterocycles. The van der Waals surface area contributed by atoms with Gasteiger partial charge in [0.25, 0.3) is 5.91 Å². The van der Waals surface area contributed by atoms with Gasteiger partial charge in [-0.25, -0.2) is 4.39 Å². The average molecular weight is 379 g/mol. The van der Waals surface area contributed by atoms with Gasteiger partial charge in [0.15, 0.2) is 0 Å². The van der Waals surface area contributed by atoms with Crippen LogP contribution in [0.15, 0.2) is 23.4 Å². The van der Waals surface area contributed by atoms with Crippen LogP contribution in [0.3, 0.4) is 0 Å². The Hall–Kier alpha value is -1.38. The summed E-state index contributed by atoms with van der Waals surface area (Å²) >= 11 is 1.89. The average Bonchev–Trinajstić information content (AvgIpc) is 2.35. The largest absolute Gasteiger partial charge is 0.409 e. The highest BCUT2D eigenvalue weighted by molar-refractivity contribution is 14.1. The standard InChI is InChI=1S/C12H15FIN3O2/c1-12(2,11(15)17-19)6-16-10(18)8-4-3-7(13)5-9(8)14/h3-5,19H,6H2,1-2H3,(H2,15,17)(H,16,18). The predicted molar refractivity (Wildman–Crippen MR) is 78.6 cm³/mol. The Balaban J connectivity index is 2.76. The number of hydrogen-bond donors (Lipinski definition) is 3. The molecule has 0 aliphatic carbocycles. The first-order valence-electron chi connectivity index (χ1n) is 5.49. The number of benzene rings is 1. The third-order valence-corrected chi connectivity index (χ3v) is 3.56. The second-order valence-corrected chi connectivity index (χ2v) is 5.84. The Morgan fingerprint density at radius 2 is 2.21 bits per heavy atom. The van der Waals surface area contributed by atoms with Crippen molar-refractivity contribution in [1.29, 1.82) is 0 Å². The number of oxime groups is 1. The zero-order valence-electron chi connectivity index (χ0n) is 10.6. The van der Waals surface area contributed by atoms with E-state index in [1.807, 2.05) is 22.6 Å². The minimum Gasteiger partial charge on any atom is -0.409 e. The van der Waals surface area contributed by atoms with E-state index in [1.165, 1.54) is 18.2 Å². The van der Waals surface area contributed by atoms with Crippen molar-refractivity contribution in [1.82, 2.24) is 5.32 Å². The Morgan fingerprint density at radius 3 is 2.74 bits per heavy atom. The lowest BCUT2D eigenvalue weighted by atomic mass is 9.92. The lowest BCUT2D eigenvalue weighted by Crippen LogP contribution is -2.42. The Morgan fingerprint density at radius 1 is 1.58 bits per heavy atom. The maximum Gasteiger partial charge on any atom is 0.252 e. The summed E-state index contributed by atoms with van der Waals surface area (Å²) in [5, 5.41) is 14.2. The van der Waals surface area contributed by atoms with Crippen molar-refractivity contribution in [3.8, 4) is 0 Å². The second kappa shape index (κ2) is 6.18. The van der Waals surface area contributed by atoms with Crippen LogP contribution in [0.2, 0.25) is 0 Å². The van der Waals surface area contributed by atoms with Crippen LogP contribution in [0.5, 0.6) is 0 Å². The molecule has 0 saturated carbocycles. The highest BCUT2D eigenvalue weighted by Gasteiger charge is 2.24. The minimum atomic E-state index is -0.671. The highest BCUT2D eigenvalue weighted by atomic mass is 127. The molecule has 1 aromatic rings. The molecule has 0 unspecified atom stereocenters. The molecule has 0 heterocycles. The lowest BCUT2D eigenvalue weighted by Gasteiger charge is -2.23.